The molecule has 0 aliphatic carbocycles. The number of aryl methyl sites for hydroxylation is 2. The van der Waals surface area contributed by atoms with E-state index in [4.69, 9.17) is 20.9 Å². The average molecular weight is 703 g/mol. The van der Waals surface area contributed by atoms with Crippen LogP contribution in [0.15, 0.2) is 33.6 Å². The van der Waals surface area contributed by atoms with Gasteiger partial charge in [-0.05, 0) is 27.7 Å². The molecule has 0 saturated carbocycles. The number of aromatic nitrogens is 4. The Bertz CT molecular complexity index is 1400. The fourth-order valence-electron chi connectivity index (χ4n) is 4.12. The molecule has 0 saturated heterocycles. The van der Waals surface area contributed by atoms with Crippen molar-refractivity contribution in [2.24, 2.45) is 11.8 Å². The Morgan fingerprint density at radius 2 is 1.10 bits per heavy atom. The first-order chi connectivity index (χ1) is 22.7. The molecule has 0 radical (unpaired) electrons. The predicted octanol–water partition coefficient (Wildman–Crippen LogP) is 4.69. The van der Waals surface area contributed by atoms with Crippen molar-refractivity contribution in [2.45, 2.75) is 81.3 Å². The van der Waals surface area contributed by atoms with Gasteiger partial charge in [-0.25, -0.2) is 19.9 Å². The van der Waals surface area contributed by atoms with Gasteiger partial charge in [-0.2, -0.15) is 0 Å². The summed E-state index contributed by atoms with van der Waals surface area (Å²) in [6.45, 7) is 14.4. The second-order valence-electron chi connectivity index (χ2n) is 11.4. The maximum absolute atomic E-state index is 12.4. The molecule has 2 rings (SSSR count). The fourth-order valence-corrected chi connectivity index (χ4v) is 6.33. The van der Waals surface area contributed by atoms with Crippen LogP contribution in [0.4, 0.5) is 11.6 Å². The van der Waals surface area contributed by atoms with Gasteiger partial charge in [-0.1, -0.05) is 49.3 Å². The highest BCUT2D eigenvalue weighted by molar-refractivity contribution is 8.79. The van der Waals surface area contributed by atoms with Gasteiger partial charge in [0.1, 0.15) is 23.3 Å². The van der Waals surface area contributed by atoms with E-state index in [1.54, 1.807) is 53.9 Å². The minimum Gasteiger partial charge on any atom is -0.465 e. The van der Waals surface area contributed by atoms with Gasteiger partial charge in [-0.3, -0.25) is 19.2 Å². The lowest BCUT2D eigenvalue weighted by molar-refractivity contribution is -0.148. The molecule has 0 spiro atoms. The van der Waals surface area contributed by atoms with Gasteiger partial charge in [0, 0.05) is 57.6 Å². The van der Waals surface area contributed by atoms with Crippen molar-refractivity contribution in [1.82, 2.24) is 29.7 Å². The van der Waals surface area contributed by atoms with Crippen LogP contribution >= 0.6 is 21.6 Å². The summed E-state index contributed by atoms with van der Waals surface area (Å²) >= 11 is 0. The molecule has 0 aromatic carbocycles. The van der Waals surface area contributed by atoms with Crippen molar-refractivity contribution in [3.63, 3.8) is 0 Å². The Labute approximate surface area is 289 Å². The van der Waals surface area contributed by atoms with E-state index >= 15 is 0 Å². The predicted molar refractivity (Wildman–Crippen MR) is 187 cm³/mol. The molecule has 4 N–H and O–H groups in total. The summed E-state index contributed by atoms with van der Waals surface area (Å²) < 4.78 is 10.9. The number of hydrogen-bond donors (Lipinski definition) is 2. The largest absolute Gasteiger partial charge is 0.465 e. The van der Waals surface area contributed by atoms with Gasteiger partial charge in [0.05, 0.1) is 38.1 Å². The first-order valence-electron chi connectivity index (χ1n) is 15.3. The van der Waals surface area contributed by atoms with Crippen molar-refractivity contribution in [2.75, 3.05) is 24.7 Å². The zero-order valence-electron chi connectivity index (χ0n) is 28.8. The van der Waals surface area contributed by atoms with Crippen LogP contribution < -0.4 is 11.5 Å². The van der Waals surface area contributed by atoms with Crippen molar-refractivity contribution < 1.29 is 28.7 Å². The van der Waals surface area contributed by atoms with Crippen molar-refractivity contribution in [3.8, 4) is 0 Å². The Kier molecular flexibility index (Phi) is 16.3. The summed E-state index contributed by atoms with van der Waals surface area (Å²) in [5.74, 6) is 0.230. The van der Waals surface area contributed by atoms with Crippen LogP contribution in [0.25, 0.3) is 0 Å². The summed E-state index contributed by atoms with van der Waals surface area (Å²) in [7, 11) is 2.73. The zero-order chi connectivity index (χ0) is 36.0. The van der Waals surface area contributed by atoms with Gasteiger partial charge in [0.25, 0.3) is 0 Å². The molecule has 0 aliphatic rings. The van der Waals surface area contributed by atoms with Crippen LogP contribution in [0.1, 0.15) is 77.2 Å². The number of carbonyl (C=O) groups excluding carboxylic acids is 4. The first kappa shape index (κ1) is 40.0. The molecule has 2 aromatic rings. The maximum atomic E-state index is 12.4. The SMILES string of the molecule is C/C(SS/C(C)=C(\CCOC(=O)C(C)C)N(C=O)Cc1cnc(C)nc1N)=C(/CCOC(=O)C(C)C)N(C=O)Cc1cnc(C)nc1N. The summed E-state index contributed by atoms with van der Waals surface area (Å²) in [5, 5.41) is 0. The normalized spacial score (nSPS) is 12.3. The lowest BCUT2D eigenvalue weighted by atomic mass is 10.2. The van der Waals surface area contributed by atoms with Crippen molar-refractivity contribution in [1.29, 1.82) is 0 Å². The third-order valence-electron chi connectivity index (χ3n) is 6.88. The van der Waals surface area contributed by atoms with E-state index in [0.717, 1.165) is 9.81 Å². The standard InChI is InChI=1S/C32H46N8O6S2/c1-19(2)31(43)45-11-9-27(39(17-41)15-25-13-35-23(7)37-29(25)33)21(5)47-48-22(6)28(10-12-46-32(44)20(3)4)40(18-42)16-26-14-36-24(8)38-30(26)34/h13-14,17-20H,9-12,15-16H2,1-8H3,(H2,33,35,37)(H2,34,36,38)/b27-21+,28-22+. The van der Waals surface area contributed by atoms with Gasteiger partial charge < -0.3 is 30.7 Å². The number of rotatable bonds is 19. The highest BCUT2D eigenvalue weighted by Crippen LogP contribution is 2.41. The van der Waals surface area contributed by atoms with Crippen molar-refractivity contribution in [3.05, 3.63) is 56.4 Å². The maximum Gasteiger partial charge on any atom is 0.308 e. The van der Waals surface area contributed by atoms with Crippen LogP contribution in [-0.4, -0.2) is 67.7 Å². The lowest BCUT2D eigenvalue weighted by Gasteiger charge is -2.25. The zero-order valence-corrected chi connectivity index (χ0v) is 30.4. The Hall–Kier alpha value is -4.18. The summed E-state index contributed by atoms with van der Waals surface area (Å²) in [5.41, 5.74) is 14.6. The molecule has 0 fully saturated rings. The molecule has 0 unspecified atom stereocenters. The second kappa shape index (κ2) is 19.6. The molecule has 2 heterocycles. The van der Waals surface area contributed by atoms with Gasteiger partial charge in [0.2, 0.25) is 12.8 Å². The molecule has 0 bridgehead atoms. The van der Waals surface area contributed by atoms with Crippen LogP contribution in [0.5, 0.6) is 0 Å². The quantitative estimate of drug-likeness (QED) is 0.116. The number of carbonyl (C=O) groups is 4. The summed E-state index contributed by atoms with van der Waals surface area (Å²) in [4.78, 5) is 70.5. The number of nitrogens with zero attached hydrogens (tertiary/aromatic N) is 6. The van der Waals surface area contributed by atoms with E-state index in [2.05, 4.69) is 19.9 Å². The van der Waals surface area contributed by atoms with Crippen LogP contribution in [0, 0.1) is 25.7 Å². The van der Waals surface area contributed by atoms with E-state index in [0.29, 0.717) is 47.0 Å². The summed E-state index contributed by atoms with van der Waals surface area (Å²) in [6, 6.07) is 0. The first-order valence-corrected chi connectivity index (χ1v) is 17.5. The smallest absolute Gasteiger partial charge is 0.308 e. The van der Waals surface area contributed by atoms with Crippen molar-refractivity contribution >= 4 is 58.0 Å². The number of amides is 2. The van der Waals surface area contributed by atoms with Crippen LogP contribution in [0.3, 0.4) is 0 Å². The number of anilines is 2. The van der Waals surface area contributed by atoms with Crippen LogP contribution in [0.2, 0.25) is 0 Å². The molecule has 262 valence electrons. The minimum absolute atomic E-state index is 0.0549. The monoisotopic (exact) mass is 702 g/mol. The summed E-state index contributed by atoms with van der Waals surface area (Å²) in [6.07, 6.45) is 5.02. The topological polar surface area (TPSA) is 197 Å². The lowest BCUT2D eigenvalue weighted by Crippen LogP contribution is -2.25. The molecule has 0 atom stereocenters. The number of esters is 2. The Morgan fingerprint density at radius 1 is 0.750 bits per heavy atom. The fraction of sp³-hybridized carbons (Fsp3) is 0.500. The molecule has 14 nitrogen and oxygen atoms in total. The second-order valence-corrected chi connectivity index (χ2v) is 14.0. The van der Waals surface area contributed by atoms with Gasteiger partial charge >= 0.3 is 11.9 Å². The highest BCUT2D eigenvalue weighted by atomic mass is 33.1. The number of ether oxygens (including phenoxy) is 2. The highest BCUT2D eigenvalue weighted by Gasteiger charge is 2.20. The van der Waals surface area contributed by atoms with E-state index in [-0.39, 0.29) is 74.6 Å². The number of hydrogen-bond acceptors (Lipinski definition) is 14. The van der Waals surface area contributed by atoms with Crippen LogP contribution in [-0.2, 0) is 41.7 Å². The third kappa shape index (κ3) is 12.4. The molecule has 2 amide bonds. The van der Waals surface area contributed by atoms with Gasteiger partial charge in [-0.15, -0.1) is 0 Å². The number of nitrogens with two attached hydrogens (primary N) is 2. The average Bonchev–Trinajstić information content (AvgIpc) is 3.03. The Morgan fingerprint density at radius 3 is 1.40 bits per heavy atom. The molecule has 0 aliphatic heterocycles. The van der Waals surface area contributed by atoms with Gasteiger partial charge in [0.15, 0.2) is 0 Å². The Balaban J connectivity index is 2.45. The van der Waals surface area contributed by atoms with E-state index in [1.807, 2.05) is 13.8 Å². The molecule has 16 heteroatoms. The minimum atomic E-state index is -0.349. The van der Waals surface area contributed by atoms with E-state index in [1.165, 1.54) is 31.4 Å². The van der Waals surface area contributed by atoms with E-state index in [9.17, 15) is 19.2 Å². The molecular formula is C32H46N8O6S2. The number of allylic oxidation sites excluding steroid dienone is 2. The molecular weight excluding hydrogens is 657 g/mol. The number of nitrogen functional groups attached to an aromatic ring is 2. The van der Waals surface area contributed by atoms with E-state index < -0.39 is 0 Å². The third-order valence-corrected chi connectivity index (χ3v) is 9.68. The molecule has 2 aromatic heterocycles. The molecule has 48 heavy (non-hydrogen) atoms.